The highest BCUT2D eigenvalue weighted by molar-refractivity contribution is 5.92. The van der Waals surface area contributed by atoms with Crippen LogP contribution in [0, 0.1) is 0 Å². The van der Waals surface area contributed by atoms with Gasteiger partial charge in [-0.05, 0) is 43.3 Å². The maximum Gasteiger partial charge on any atom is 0.325 e. The van der Waals surface area contributed by atoms with Gasteiger partial charge in [-0.1, -0.05) is 12.1 Å². The highest BCUT2D eigenvalue weighted by Gasteiger charge is 2.16. The number of methoxy groups -OCH3 is 1. The van der Waals surface area contributed by atoms with Gasteiger partial charge in [-0.2, -0.15) is 4.98 Å². The molecule has 2 N–H and O–H groups in total. The van der Waals surface area contributed by atoms with Crippen LogP contribution in [-0.4, -0.2) is 41.2 Å². The van der Waals surface area contributed by atoms with Gasteiger partial charge in [0.05, 0.1) is 12.6 Å². The molecule has 2 aromatic carbocycles. The number of nitrogens with one attached hydrogen (secondary N) is 1. The van der Waals surface area contributed by atoms with E-state index in [0.717, 1.165) is 22.3 Å². The lowest BCUT2D eigenvalue weighted by Gasteiger charge is -2.21. The standard InChI is InChI=1S/C19H20N4O3/c1-12(18(24)25)20-19-21-16-7-5-4-6-15(16)17(22-19)23(2)13-8-10-14(26-3)11-9-13/h4-12H,1-3H3,(H,24,25)(H,20,21,22)/t12-/m0/s1. The summed E-state index contributed by atoms with van der Waals surface area (Å²) in [4.78, 5) is 22.0. The topological polar surface area (TPSA) is 87.6 Å². The van der Waals surface area contributed by atoms with Crippen molar-refractivity contribution in [2.24, 2.45) is 0 Å². The normalized spacial score (nSPS) is 11.8. The first-order valence-electron chi connectivity index (χ1n) is 8.13. The van der Waals surface area contributed by atoms with Gasteiger partial charge >= 0.3 is 5.97 Å². The van der Waals surface area contributed by atoms with E-state index in [-0.39, 0.29) is 5.95 Å². The molecule has 7 nitrogen and oxygen atoms in total. The molecule has 0 spiro atoms. The monoisotopic (exact) mass is 352 g/mol. The first kappa shape index (κ1) is 17.5. The molecule has 0 aliphatic rings. The fourth-order valence-electron chi connectivity index (χ4n) is 2.56. The molecule has 0 amide bonds. The average molecular weight is 352 g/mol. The van der Waals surface area contributed by atoms with E-state index >= 15 is 0 Å². The average Bonchev–Trinajstić information content (AvgIpc) is 2.66. The number of hydrogen-bond acceptors (Lipinski definition) is 6. The summed E-state index contributed by atoms with van der Waals surface area (Å²) in [5.41, 5.74) is 1.66. The number of carboxylic acid groups (broad SMARTS) is 1. The molecule has 3 rings (SSSR count). The predicted octanol–water partition coefficient (Wildman–Crippen LogP) is 3.29. The van der Waals surface area contributed by atoms with Crippen LogP contribution < -0.4 is 15.0 Å². The van der Waals surface area contributed by atoms with Crippen molar-refractivity contribution in [1.29, 1.82) is 0 Å². The molecule has 0 aliphatic carbocycles. The minimum atomic E-state index is -0.966. The summed E-state index contributed by atoms with van der Waals surface area (Å²) in [5.74, 6) is 0.758. The minimum absolute atomic E-state index is 0.272. The van der Waals surface area contributed by atoms with E-state index in [4.69, 9.17) is 9.84 Å². The van der Waals surface area contributed by atoms with Gasteiger partial charge < -0.3 is 20.1 Å². The van der Waals surface area contributed by atoms with Gasteiger partial charge in [-0.25, -0.2) is 4.98 Å². The Morgan fingerprint density at radius 2 is 1.85 bits per heavy atom. The summed E-state index contributed by atoms with van der Waals surface area (Å²) in [6, 6.07) is 14.4. The Bertz CT molecular complexity index is 928. The van der Waals surface area contributed by atoms with Gasteiger partial charge in [-0.3, -0.25) is 4.79 Å². The van der Waals surface area contributed by atoms with Gasteiger partial charge in [0.1, 0.15) is 17.6 Å². The van der Waals surface area contributed by atoms with E-state index in [1.165, 1.54) is 0 Å². The summed E-state index contributed by atoms with van der Waals surface area (Å²) >= 11 is 0. The van der Waals surface area contributed by atoms with Crippen LogP contribution >= 0.6 is 0 Å². The van der Waals surface area contributed by atoms with Crippen molar-refractivity contribution in [3.05, 3.63) is 48.5 Å². The number of anilines is 3. The fourth-order valence-corrected chi connectivity index (χ4v) is 2.56. The molecule has 0 bridgehead atoms. The van der Waals surface area contributed by atoms with Crippen LogP contribution in [0.1, 0.15) is 6.92 Å². The number of aromatic nitrogens is 2. The summed E-state index contributed by atoms with van der Waals surface area (Å²) in [6.07, 6.45) is 0. The van der Waals surface area contributed by atoms with E-state index in [9.17, 15) is 4.79 Å². The Hall–Kier alpha value is -3.35. The Morgan fingerprint density at radius 3 is 2.50 bits per heavy atom. The molecule has 0 aliphatic heterocycles. The van der Waals surface area contributed by atoms with Crippen LogP contribution in [0.2, 0.25) is 0 Å². The Labute approximate surface area is 151 Å². The third-order valence-electron chi connectivity index (χ3n) is 4.08. The van der Waals surface area contributed by atoms with Crippen LogP contribution in [-0.2, 0) is 4.79 Å². The van der Waals surface area contributed by atoms with Gasteiger partial charge in [0, 0.05) is 18.1 Å². The van der Waals surface area contributed by atoms with Crippen molar-refractivity contribution in [2.75, 3.05) is 24.4 Å². The SMILES string of the molecule is COc1ccc(N(C)c2nc(N[C@@H](C)C(=O)O)nc3ccccc23)cc1. The number of benzene rings is 2. The van der Waals surface area contributed by atoms with E-state index in [1.54, 1.807) is 14.0 Å². The van der Waals surface area contributed by atoms with Crippen LogP contribution in [0.5, 0.6) is 5.75 Å². The lowest BCUT2D eigenvalue weighted by Crippen LogP contribution is -2.27. The van der Waals surface area contributed by atoms with E-state index in [0.29, 0.717) is 5.82 Å². The molecule has 0 fully saturated rings. The molecular formula is C19H20N4O3. The molecule has 0 radical (unpaired) electrons. The number of para-hydroxylation sites is 1. The first-order valence-corrected chi connectivity index (χ1v) is 8.13. The molecule has 3 aromatic rings. The molecule has 0 unspecified atom stereocenters. The van der Waals surface area contributed by atoms with E-state index < -0.39 is 12.0 Å². The summed E-state index contributed by atoms with van der Waals surface area (Å²) in [7, 11) is 3.53. The number of ether oxygens (including phenoxy) is 1. The van der Waals surface area contributed by atoms with Crippen molar-refractivity contribution in [3.8, 4) is 5.75 Å². The lowest BCUT2D eigenvalue weighted by atomic mass is 10.2. The quantitative estimate of drug-likeness (QED) is 0.704. The van der Waals surface area contributed by atoms with Gasteiger partial charge in [-0.15, -0.1) is 0 Å². The minimum Gasteiger partial charge on any atom is -0.497 e. The largest absolute Gasteiger partial charge is 0.497 e. The zero-order valence-electron chi connectivity index (χ0n) is 14.8. The van der Waals surface area contributed by atoms with Crippen LogP contribution in [0.4, 0.5) is 17.5 Å². The van der Waals surface area contributed by atoms with E-state index in [1.807, 2.05) is 60.5 Å². The highest BCUT2D eigenvalue weighted by Crippen LogP contribution is 2.30. The molecule has 26 heavy (non-hydrogen) atoms. The maximum atomic E-state index is 11.1. The molecule has 1 atom stereocenters. The maximum absolute atomic E-state index is 11.1. The lowest BCUT2D eigenvalue weighted by molar-refractivity contribution is -0.137. The van der Waals surface area contributed by atoms with Crippen molar-refractivity contribution in [1.82, 2.24) is 9.97 Å². The number of carbonyl (C=O) groups is 1. The zero-order chi connectivity index (χ0) is 18.7. The Morgan fingerprint density at radius 1 is 1.15 bits per heavy atom. The van der Waals surface area contributed by atoms with E-state index in [2.05, 4.69) is 15.3 Å². The first-order chi connectivity index (χ1) is 12.5. The number of aliphatic carboxylic acids is 1. The van der Waals surface area contributed by atoms with Crippen LogP contribution in [0.3, 0.4) is 0 Å². The highest BCUT2D eigenvalue weighted by atomic mass is 16.5. The van der Waals surface area contributed by atoms with Crippen molar-refractivity contribution >= 4 is 34.3 Å². The molecule has 1 aromatic heterocycles. The van der Waals surface area contributed by atoms with Crippen molar-refractivity contribution in [3.63, 3.8) is 0 Å². The van der Waals surface area contributed by atoms with Crippen LogP contribution in [0.25, 0.3) is 10.9 Å². The number of hydrogen-bond donors (Lipinski definition) is 2. The predicted molar refractivity (Wildman–Crippen MR) is 101 cm³/mol. The molecule has 0 saturated heterocycles. The molecular weight excluding hydrogens is 332 g/mol. The van der Waals surface area contributed by atoms with Crippen molar-refractivity contribution in [2.45, 2.75) is 13.0 Å². The number of nitrogens with zero attached hydrogens (tertiary/aromatic N) is 3. The summed E-state index contributed by atoms with van der Waals surface area (Å²) in [6.45, 7) is 1.55. The molecule has 134 valence electrons. The fraction of sp³-hybridized carbons (Fsp3) is 0.211. The molecule has 1 heterocycles. The van der Waals surface area contributed by atoms with Gasteiger partial charge in [0.15, 0.2) is 0 Å². The smallest absolute Gasteiger partial charge is 0.325 e. The zero-order valence-corrected chi connectivity index (χ0v) is 14.8. The number of fused-ring (bicyclic) bond motifs is 1. The summed E-state index contributed by atoms with van der Waals surface area (Å²) in [5, 5.41) is 12.8. The molecule has 0 saturated carbocycles. The summed E-state index contributed by atoms with van der Waals surface area (Å²) < 4.78 is 5.20. The second-order valence-electron chi connectivity index (χ2n) is 5.85. The molecule has 7 heteroatoms. The third-order valence-corrected chi connectivity index (χ3v) is 4.08. The Balaban J connectivity index is 2.05. The van der Waals surface area contributed by atoms with Gasteiger partial charge in [0.25, 0.3) is 0 Å². The Kier molecular flexibility index (Phi) is 4.88. The van der Waals surface area contributed by atoms with Crippen LogP contribution in [0.15, 0.2) is 48.5 Å². The number of carboxylic acids is 1. The van der Waals surface area contributed by atoms with Crippen molar-refractivity contribution < 1.29 is 14.6 Å². The van der Waals surface area contributed by atoms with Gasteiger partial charge in [0.2, 0.25) is 5.95 Å². The third kappa shape index (κ3) is 3.51. The second kappa shape index (κ2) is 7.26. The second-order valence-corrected chi connectivity index (χ2v) is 5.85. The number of rotatable bonds is 6.